The van der Waals surface area contributed by atoms with Crippen LogP contribution in [0, 0.1) is 11.8 Å². The topological polar surface area (TPSA) is 55.1 Å². The van der Waals surface area contributed by atoms with Crippen molar-refractivity contribution in [1.29, 1.82) is 0 Å². The highest BCUT2D eigenvalue weighted by Crippen LogP contribution is 2.21. The Balaban J connectivity index is 1.99. The first-order chi connectivity index (χ1) is 9.20. The summed E-state index contributed by atoms with van der Waals surface area (Å²) in [5, 5.41) is 6.67. The Morgan fingerprint density at radius 1 is 1.47 bits per heavy atom. The van der Waals surface area contributed by atoms with E-state index in [-0.39, 0.29) is 5.91 Å². The van der Waals surface area contributed by atoms with Gasteiger partial charge in [-0.3, -0.25) is 4.79 Å². The van der Waals surface area contributed by atoms with Gasteiger partial charge in [-0.15, -0.1) is 22.7 Å². The number of carbonyl (C=O) groups is 1. The Bertz CT molecular complexity index is 636. The van der Waals surface area contributed by atoms with E-state index in [4.69, 9.17) is 5.73 Å². The van der Waals surface area contributed by atoms with E-state index in [1.165, 1.54) is 11.3 Å². The molecule has 0 aliphatic heterocycles. The van der Waals surface area contributed by atoms with Gasteiger partial charge < -0.3 is 11.1 Å². The van der Waals surface area contributed by atoms with Crippen LogP contribution in [0.4, 0.5) is 0 Å². The third kappa shape index (κ3) is 3.91. The zero-order valence-electron chi connectivity index (χ0n) is 9.90. The van der Waals surface area contributed by atoms with Gasteiger partial charge in [0.25, 0.3) is 5.91 Å². The third-order valence-electron chi connectivity index (χ3n) is 2.31. The van der Waals surface area contributed by atoms with Crippen molar-refractivity contribution in [3.05, 3.63) is 42.7 Å². The normalized spacial score (nSPS) is 9.79. The fraction of sp³-hybridized carbons (Fsp3) is 0.154. The summed E-state index contributed by atoms with van der Waals surface area (Å²) in [6.45, 7) is 0.823. The van der Waals surface area contributed by atoms with Crippen molar-refractivity contribution in [3.63, 3.8) is 0 Å². The summed E-state index contributed by atoms with van der Waals surface area (Å²) in [6, 6.07) is 3.75. The first kappa shape index (κ1) is 14.3. The third-order valence-corrected chi connectivity index (χ3v) is 4.74. The summed E-state index contributed by atoms with van der Waals surface area (Å²) in [6.07, 6.45) is 0. The molecule has 19 heavy (non-hydrogen) atoms. The molecule has 2 aromatic rings. The number of nitrogens with two attached hydrogens (primary N) is 1. The minimum absolute atomic E-state index is 0.0758. The second kappa shape index (κ2) is 6.87. The largest absolute Gasteiger partial charge is 0.347 e. The SMILES string of the molecule is NCC#Cc1ccsc1CNC(=O)c1csc(Br)c1. The van der Waals surface area contributed by atoms with Crippen LogP contribution in [0.1, 0.15) is 20.8 Å². The first-order valence-electron chi connectivity index (χ1n) is 5.48. The second-order valence-electron chi connectivity index (χ2n) is 3.59. The number of hydrogen-bond donors (Lipinski definition) is 2. The molecule has 2 rings (SSSR count). The summed E-state index contributed by atoms with van der Waals surface area (Å²) in [5.74, 6) is 5.74. The van der Waals surface area contributed by atoms with Gasteiger partial charge in [0, 0.05) is 15.8 Å². The van der Waals surface area contributed by atoms with Gasteiger partial charge in [-0.25, -0.2) is 0 Å². The van der Waals surface area contributed by atoms with E-state index in [1.807, 2.05) is 22.9 Å². The number of amides is 1. The number of thiophene rings is 2. The lowest BCUT2D eigenvalue weighted by Crippen LogP contribution is -2.22. The summed E-state index contributed by atoms with van der Waals surface area (Å²) >= 11 is 6.41. The van der Waals surface area contributed by atoms with Crippen LogP contribution in [0.25, 0.3) is 0 Å². The van der Waals surface area contributed by atoms with Crippen LogP contribution in [0.2, 0.25) is 0 Å². The van der Waals surface area contributed by atoms with Gasteiger partial charge in [-0.05, 0) is 33.4 Å². The zero-order valence-corrected chi connectivity index (χ0v) is 13.1. The lowest BCUT2D eigenvalue weighted by Gasteiger charge is -2.02. The van der Waals surface area contributed by atoms with Crippen LogP contribution < -0.4 is 11.1 Å². The molecule has 6 heteroatoms. The van der Waals surface area contributed by atoms with Crippen LogP contribution in [0.15, 0.2) is 26.7 Å². The average molecular weight is 355 g/mol. The van der Waals surface area contributed by atoms with E-state index in [2.05, 4.69) is 33.1 Å². The van der Waals surface area contributed by atoms with Crippen molar-refractivity contribution in [2.45, 2.75) is 6.54 Å². The minimum atomic E-state index is -0.0758. The summed E-state index contributed by atoms with van der Waals surface area (Å²) < 4.78 is 0.947. The molecular formula is C13H11BrN2OS2. The Labute approximate surface area is 128 Å². The standard InChI is InChI=1S/C13H11BrN2OS2/c14-12-6-10(8-19-12)13(17)16-7-11-9(2-1-4-15)3-5-18-11/h3,5-6,8H,4,7,15H2,(H,16,17). The van der Waals surface area contributed by atoms with Crippen LogP contribution in [-0.2, 0) is 6.54 Å². The molecule has 0 saturated carbocycles. The van der Waals surface area contributed by atoms with E-state index >= 15 is 0 Å². The average Bonchev–Trinajstić information content (AvgIpc) is 3.02. The Kier molecular flexibility index (Phi) is 5.16. The van der Waals surface area contributed by atoms with Crippen LogP contribution in [0.5, 0.6) is 0 Å². The van der Waals surface area contributed by atoms with Crippen molar-refractivity contribution >= 4 is 44.5 Å². The fourth-order valence-electron chi connectivity index (χ4n) is 1.43. The molecule has 0 aromatic carbocycles. The quantitative estimate of drug-likeness (QED) is 0.832. The van der Waals surface area contributed by atoms with Crippen molar-refractivity contribution < 1.29 is 4.79 Å². The van der Waals surface area contributed by atoms with E-state index in [0.29, 0.717) is 18.7 Å². The van der Waals surface area contributed by atoms with Crippen LogP contribution >= 0.6 is 38.6 Å². The molecule has 0 fully saturated rings. The molecule has 98 valence electrons. The molecule has 0 aliphatic rings. The molecule has 3 N–H and O–H groups in total. The van der Waals surface area contributed by atoms with E-state index in [9.17, 15) is 4.79 Å². The maximum Gasteiger partial charge on any atom is 0.252 e. The van der Waals surface area contributed by atoms with Gasteiger partial charge >= 0.3 is 0 Å². The molecule has 2 aromatic heterocycles. The highest BCUT2D eigenvalue weighted by molar-refractivity contribution is 9.11. The molecular weight excluding hydrogens is 344 g/mol. The Morgan fingerprint density at radius 3 is 3.00 bits per heavy atom. The zero-order chi connectivity index (χ0) is 13.7. The van der Waals surface area contributed by atoms with Gasteiger partial charge in [-0.1, -0.05) is 11.8 Å². The molecule has 2 heterocycles. The maximum absolute atomic E-state index is 11.9. The first-order valence-corrected chi connectivity index (χ1v) is 8.03. The minimum Gasteiger partial charge on any atom is -0.347 e. The Morgan fingerprint density at radius 2 is 2.32 bits per heavy atom. The highest BCUT2D eigenvalue weighted by Gasteiger charge is 2.09. The Hall–Kier alpha value is -1.13. The lowest BCUT2D eigenvalue weighted by molar-refractivity contribution is 0.0951. The van der Waals surface area contributed by atoms with Crippen LogP contribution in [0.3, 0.4) is 0 Å². The van der Waals surface area contributed by atoms with Crippen molar-refractivity contribution in [2.24, 2.45) is 5.73 Å². The fourth-order valence-corrected chi connectivity index (χ4v) is 3.33. The number of hydrogen-bond acceptors (Lipinski definition) is 4. The summed E-state index contributed by atoms with van der Waals surface area (Å²) in [5.41, 5.74) is 6.95. The predicted octanol–water partition coefficient (Wildman–Crippen LogP) is 2.81. The number of nitrogens with one attached hydrogen (secondary N) is 1. The molecule has 0 saturated heterocycles. The van der Waals surface area contributed by atoms with E-state index < -0.39 is 0 Å². The van der Waals surface area contributed by atoms with E-state index in [0.717, 1.165) is 14.2 Å². The maximum atomic E-state index is 11.9. The molecule has 0 aliphatic carbocycles. The van der Waals surface area contributed by atoms with Crippen molar-refractivity contribution in [3.8, 4) is 11.8 Å². The molecule has 0 radical (unpaired) electrons. The summed E-state index contributed by atoms with van der Waals surface area (Å²) in [4.78, 5) is 12.9. The molecule has 0 atom stereocenters. The predicted molar refractivity (Wildman–Crippen MR) is 83.4 cm³/mol. The van der Waals surface area contributed by atoms with Gasteiger partial charge in [0.05, 0.1) is 22.4 Å². The summed E-state index contributed by atoms with van der Waals surface area (Å²) in [7, 11) is 0. The smallest absolute Gasteiger partial charge is 0.252 e. The monoisotopic (exact) mass is 354 g/mol. The van der Waals surface area contributed by atoms with Crippen LogP contribution in [-0.4, -0.2) is 12.5 Å². The van der Waals surface area contributed by atoms with Crippen molar-refractivity contribution in [1.82, 2.24) is 5.32 Å². The van der Waals surface area contributed by atoms with E-state index in [1.54, 1.807) is 11.3 Å². The molecule has 0 unspecified atom stereocenters. The number of rotatable bonds is 3. The second-order valence-corrected chi connectivity index (χ2v) is 6.88. The highest BCUT2D eigenvalue weighted by atomic mass is 79.9. The lowest BCUT2D eigenvalue weighted by atomic mass is 10.2. The van der Waals surface area contributed by atoms with Gasteiger partial charge in [0.2, 0.25) is 0 Å². The molecule has 3 nitrogen and oxygen atoms in total. The molecule has 0 bridgehead atoms. The molecule has 1 amide bonds. The number of halogens is 1. The van der Waals surface area contributed by atoms with Crippen molar-refractivity contribution in [2.75, 3.05) is 6.54 Å². The number of carbonyl (C=O) groups excluding carboxylic acids is 1. The van der Waals surface area contributed by atoms with Gasteiger partial charge in [0.1, 0.15) is 0 Å². The van der Waals surface area contributed by atoms with Gasteiger partial charge in [-0.2, -0.15) is 0 Å². The molecule has 0 spiro atoms. The van der Waals surface area contributed by atoms with Gasteiger partial charge in [0.15, 0.2) is 0 Å².